The van der Waals surface area contributed by atoms with Crippen LogP contribution >= 0.6 is 0 Å². The molecule has 0 amide bonds. The molecule has 0 saturated carbocycles. The van der Waals surface area contributed by atoms with Crippen molar-refractivity contribution >= 4 is 10.0 Å². The number of nitrogens with one attached hydrogen (secondary N) is 2. The van der Waals surface area contributed by atoms with Crippen molar-refractivity contribution in [2.45, 2.75) is 24.7 Å². The van der Waals surface area contributed by atoms with E-state index >= 15 is 0 Å². The first kappa shape index (κ1) is 13.5. The molecule has 1 atom stereocenters. The smallest absolute Gasteiger partial charge is 0.242 e. The van der Waals surface area contributed by atoms with E-state index in [1.807, 2.05) is 0 Å². The minimum Gasteiger partial charge on any atom is -0.316 e. The van der Waals surface area contributed by atoms with Gasteiger partial charge in [0.15, 0.2) is 0 Å². The Labute approximate surface area is 108 Å². The van der Waals surface area contributed by atoms with E-state index in [-0.39, 0.29) is 10.3 Å². The molecule has 0 aromatic carbocycles. The van der Waals surface area contributed by atoms with Crippen LogP contribution in [0.15, 0.2) is 29.4 Å². The highest BCUT2D eigenvalue weighted by molar-refractivity contribution is 7.89. The van der Waals surface area contributed by atoms with Crippen LogP contribution < -0.4 is 10.0 Å². The Hall–Kier alpha value is -0.980. The second-order valence-corrected chi connectivity index (χ2v) is 6.87. The molecule has 1 unspecified atom stereocenters. The van der Waals surface area contributed by atoms with Crippen molar-refractivity contribution < 1.29 is 8.42 Å². The summed E-state index contributed by atoms with van der Waals surface area (Å²) in [5.74, 6) is 0. The molecular formula is C12H19N3O2S. The number of nitrogens with zero attached hydrogens (tertiary/aromatic N) is 1. The molecule has 2 N–H and O–H groups in total. The summed E-state index contributed by atoms with van der Waals surface area (Å²) in [6, 6.07) is 3.18. The molecule has 100 valence electrons. The van der Waals surface area contributed by atoms with Crippen LogP contribution in [0.2, 0.25) is 0 Å². The van der Waals surface area contributed by atoms with Gasteiger partial charge in [0.1, 0.15) is 4.90 Å². The molecule has 2 heterocycles. The standard InChI is InChI=1S/C12H19N3O2S/c1-12(5-3-7-14-9-12)10-15-18(16,17)11-4-2-6-13-8-11/h2,4,6,8,14-15H,3,5,7,9-10H2,1H3. The fourth-order valence-electron chi connectivity index (χ4n) is 2.13. The van der Waals surface area contributed by atoms with Gasteiger partial charge in [-0.2, -0.15) is 0 Å². The molecule has 0 bridgehead atoms. The van der Waals surface area contributed by atoms with Crippen molar-refractivity contribution in [2.75, 3.05) is 19.6 Å². The van der Waals surface area contributed by atoms with E-state index in [1.54, 1.807) is 18.3 Å². The van der Waals surface area contributed by atoms with E-state index in [9.17, 15) is 8.42 Å². The Morgan fingerprint density at radius 2 is 2.39 bits per heavy atom. The maximum atomic E-state index is 12.0. The van der Waals surface area contributed by atoms with Gasteiger partial charge in [0.2, 0.25) is 10.0 Å². The van der Waals surface area contributed by atoms with Crippen LogP contribution in [0.25, 0.3) is 0 Å². The maximum absolute atomic E-state index is 12.0. The van der Waals surface area contributed by atoms with Gasteiger partial charge in [0, 0.05) is 25.5 Å². The van der Waals surface area contributed by atoms with Gasteiger partial charge in [0.05, 0.1) is 0 Å². The summed E-state index contributed by atoms with van der Waals surface area (Å²) in [5.41, 5.74) is -0.00642. The third-order valence-corrected chi connectivity index (χ3v) is 4.71. The minimum atomic E-state index is -3.44. The zero-order chi connectivity index (χ0) is 13.1. The molecule has 1 fully saturated rings. The van der Waals surface area contributed by atoms with Crippen LogP contribution in [0.5, 0.6) is 0 Å². The molecule has 0 spiro atoms. The molecule has 1 aromatic heterocycles. The Morgan fingerprint density at radius 1 is 1.56 bits per heavy atom. The molecular weight excluding hydrogens is 250 g/mol. The lowest BCUT2D eigenvalue weighted by atomic mass is 9.83. The quantitative estimate of drug-likeness (QED) is 0.846. The highest BCUT2D eigenvalue weighted by atomic mass is 32.2. The van der Waals surface area contributed by atoms with Crippen molar-refractivity contribution in [1.82, 2.24) is 15.0 Å². The zero-order valence-corrected chi connectivity index (χ0v) is 11.3. The number of pyridine rings is 1. The Bertz CT molecular complexity index is 481. The average Bonchev–Trinajstić information content (AvgIpc) is 2.39. The predicted molar refractivity (Wildman–Crippen MR) is 69.6 cm³/mol. The van der Waals surface area contributed by atoms with Crippen molar-refractivity contribution in [2.24, 2.45) is 5.41 Å². The van der Waals surface area contributed by atoms with E-state index in [1.165, 1.54) is 6.20 Å². The molecule has 0 aliphatic carbocycles. The van der Waals surface area contributed by atoms with E-state index in [4.69, 9.17) is 0 Å². The Kier molecular flexibility index (Phi) is 3.99. The third kappa shape index (κ3) is 3.28. The SMILES string of the molecule is CC1(CNS(=O)(=O)c2cccnc2)CCCNC1. The normalized spacial score (nSPS) is 24.9. The zero-order valence-electron chi connectivity index (χ0n) is 10.5. The first-order chi connectivity index (χ1) is 8.52. The molecule has 6 heteroatoms. The lowest BCUT2D eigenvalue weighted by Crippen LogP contribution is -2.45. The van der Waals surface area contributed by atoms with Crippen LogP contribution in [-0.2, 0) is 10.0 Å². The number of piperidine rings is 1. The summed E-state index contributed by atoms with van der Waals surface area (Å²) in [6.07, 6.45) is 5.05. The monoisotopic (exact) mass is 269 g/mol. The highest BCUT2D eigenvalue weighted by Crippen LogP contribution is 2.24. The lowest BCUT2D eigenvalue weighted by molar-refractivity contribution is 0.238. The van der Waals surface area contributed by atoms with Crippen LogP contribution in [0.3, 0.4) is 0 Å². The van der Waals surface area contributed by atoms with Gasteiger partial charge in [-0.05, 0) is 36.9 Å². The topological polar surface area (TPSA) is 71.1 Å². The van der Waals surface area contributed by atoms with Crippen LogP contribution in [-0.4, -0.2) is 33.0 Å². The molecule has 1 aliphatic heterocycles. The Balaban J connectivity index is 2.01. The number of aromatic nitrogens is 1. The second-order valence-electron chi connectivity index (χ2n) is 5.10. The van der Waals surface area contributed by atoms with Crippen molar-refractivity contribution in [3.05, 3.63) is 24.5 Å². The van der Waals surface area contributed by atoms with Crippen molar-refractivity contribution in [3.63, 3.8) is 0 Å². The Morgan fingerprint density at radius 3 is 3.00 bits per heavy atom. The summed E-state index contributed by atoms with van der Waals surface area (Å²) in [4.78, 5) is 4.05. The molecule has 0 radical (unpaired) electrons. The van der Waals surface area contributed by atoms with E-state index in [2.05, 4.69) is 21.9 Å². The summed E-state index contributed by atoms with van der Waals surface area (Å²) in [6.45, 7) is 4.43. The first-order valence-corrected chi connectivity index (χ1v) is 7.61. The first-order valence-electron chi connectivity index (χ1n) is 6.12. The fourth-order valence-corrected chi connectivity index (χ4v) is 3.29. The van der Waals surface area contributed by atoms with Gasteiger partial charge in [-0.25, -0.2) is 13.1 Å². The highest BCUT2D eigenvalue weighted by Gasteiger charge is 2.28. The van der Waals surface area contributed by atoms with E-state index < -0.39 is 10.0 Å². The van der Waals surface area contributed by atoms with Crippen LogP contribution in [0.1, 0.15) is 19.8 Å². The summed E-state index contributed by atoms with van der Waals surface area (Å²) in [7, 11) is -3.44. The fraction of sp³-hybridized carbons (Fsp3) is 0.583. The summed E-state index contributed by atoms with van der Waals surface area (Å²) < 4.78 is 26.8. The third-order valence-electron chi connectivity index (χ3n) is 3.32. The van der Waals surface area contributed by atoms with Crippen LogP contribution in [0.4, 0.5) is 0 Å². The molecule has 1 aromatic rings. The van der Waals surface area contributed by atoms with Gasteiger partial charge >= 0.3 is 0 Å². The van der Waals surface area contributed by atoms with Gasteiger partial charge in [-0.1, -0.05) is 6.92 Å². The molecule has 1 aliphatic rings. The molecule has 1 saturated heterocycles. The second kappa shape index (κ2) is 5.34. The maximum Gasteiger partial charge on any atom is 0.242 e. The van der Waals surface area contributed by atoms with Gasteiger partial charge in [-0.3, -0.25) is 4.98 Å². The molecule has 18 heavy (non-hydrogen) atoms. The van der Waals surface area contributed by atoms with Crippen molar-refractivity contribution in [1.29, 1.82) is 0 Å². The number of rotatable bonds is 4. The lowest BCUT2D eigenvalue weighted by Gasteiger charge is -2.34. The minimum absolute atomic E-state index is 0.00642. The van der Waals surface area contributed by atoms with Crippen molar-refractivity contribution in [3.8, 4) is 0 Å². The number of hydrogen-bond acceptors (Lipinski definition) is 4. The summed E-state index contributed by atoms with van der Waals surface area (Å²) in [5, 5.41) is 3.30. The largest absolute Gasteiger partial charge is 0.316 e. The molecule has 5 nitrogen and oxygen atoms in total. The van der Waals surface area contributed by atoms with Gasteiger partial charge < -0.3 is 5.32 Å². The van der Waals surface area contributed by atoms with E-state index in [0.29, 0.717) is 6.54 Å². The van der Waals surface area contributed by atoms with Crippen LogP contribution in [0, 0.1) is 5.41 Å². The average molecular weight is 269 g/mol. The molecule has 2 rings (SSSR count). The van der Waals surface area contributed by atoms with Gasteiger partial charge in [0.25, 0.3) is 0 Å². The van der Waals surface area contributed by atoms with Gasteiger partial charge in [-0.15, -0.1) is 0 Å². The van der Waals surface area contributed by atoms with E-state index in [0.717, 1.165) is 25.9 Å². The number of sulfonamides is 1. The summed E-state index contributed by atoms with van der Waals surface area (Å²) >= 11 is 0. The number of hydrogen-bond donors (Lipinski definition) is 2. The predicted octanol–water partition coefficient (Wildman–Crippen LogP) is 0.750.